The molecule has 0 radical (unpaired) electrons. The van der Waals surface area contributed by atoms with Crippen molar-refractivity contribution in [3.05, 3.63) is 90.1 Å². The van der Waals surface area contributed by atoms with Gasteiger partial charge in [-0.25, -0.2) is 0 Å². The molecular formula is C31H25F3N8O2. The minimum Gasteiger partial charge on any atom is -0.497 e. The summed E-state index contributed by atoms with van der Waals surface area (Å²) in [6.07, 6.45) is -3.07. The first kappa shape index (κ1) is 28.5. The summed E-state index contributed by atoms with van der Waals surface area (Å²) < 4.78 is 52.2. The van der Waals surface area contributed by atoms with Crippen LogP contribution >= 0.6 is 0 Å². The van der Waals surface area contributed by atoms with E-state index < -0.39 is 17.3 Å². The van der Waals surface area contributed by atoms with E-state index in [4.69, 9.17) is 9.47 Å². The van der Waals surface area contributed by atoms with Crippen LogP contribution in [-0.4, -0.2) is 53.2 Å². The molecule has 0 amide bonds. The van der Waals surface area contributed by atoms with Crippen LogP contribution < -0.4 is 24.6 Å². The smallest absolute Gasteiger partial charge is 0.417 e. The number of rotatable bonds is 7. The van der Waals surface area contributed by atoms with E-state index in [1.807, 2.05) is 53.4 Å². The molecule has 1 N–H and O–H groups in total. The number of anilines is 4. The van der Waals surface area contributed by atoms with E-state index in [-0.39, 0.29) is 17.6 Å². The average molecular weight is 599 g/mol. The van der Waals surface area contributed by atoms with Crippen LogP contribution in [0.15, 0.2) is 79.0 Å². The van der Waals surface area contributed by atoms with Crippen LogP contribution in [0, 0.1) is 11.3 Å². The predicted octanol–water partition coefficient (Wildman–Crippen LogP) is 6.18. The van der Waals surface area contributed by atoms with Crippen molar-refractivity contribution in [3.8, 4) is 23.6 Å². The topological polar surface area (TPSA) is 112 Å². The number of nitriles is 1. The van der Waals surface area contributed by atoms with E-state index in [9.17, 15) is 18.4 Å². The van der Waals surface area contributed by atoms with Gasteiger partial charge < -0.3 is 24.6 Å². The minimum absolute atomic E-state index is 0.0198. The molecule has 3 heterocycles. The number of pyridine rings is 1. The van der Waals surface area contributed by atoms with Crippen molar-refractivity contribution in [1.82, 2.24) is 19.9 Å². The first-order chi connectivity index (χ1) is 21.3. The van der Waals surface area contributed by atoms with Gasteiger partial charge in [0, 0.05) is 49.1 Å². The molecule has 1 fully saturated rings. The summed E-state index contributed by atoms with van der Waals surface area (Å²) in [6, 6.07) is 21.8. The van der Waals surface area contributed by atoms with Crippen molar-refractivity contribution in [2.45, 2.75) is 6.18 Å². The number of halogens is 3. The summed E-state index contributed by atoms with van der Waals surface area (Å²) in [5, 5.41) is 12.9. The zero-order chi connectivity index (χ0) is 30.7. The number of benzene rings is 3. The van der Waals surface area contributed by atoms with Gasteiger partial charge in [0.1, 0.15) is 11.3 Å². The van der Waals surface area contributed by atoms with Crippen molar-refractivity contribution < 1.29 is 22.6 Å². The summed E-state index contributed by atoms with van der Waals surface area (Å²) >= 11 is 0. The number of hydrogen-bond acceptors (Lipinski definition) is 10. The second-order valence-corrected chi connectivity index (χ2v) is 9.84. The van der Waals surface area contributed by atoms with Gasteiger partial charge in [-0.3, -0.25) is 4.98 Å². The number of piperazine rings is 1. The number of nitrogens with zero attached hydrogens (tertiary/aromatic N) is 7. The zero-order valence-corrected chi connectivity index (χ0v) is 23.4. The van der Waals surface area contributed by atoms with Crippen LogP contribution in [0.4, 0.5) is 36.4 Å². The molecular weight excluding hydrogens is 573 g/mol. The highest BCUT2D eigenvalue weighted by molar-refractivity contribution is 5.84. The number of methoxy groups -OCH3 is 1. The van der Waals surface area contributed by atoms with Crippen LogP contribution in [0.3, 0.4) is 0 Å². The molecule has 0 aliphatic carbocycles. The van der Waals surface area contributed by atoms with Crippen LogP contribution in [0.1, 0.15) is 11.1 Å². The van der Waals surface area contributed by atoms with Gasteiger partial charge in [0.25, 0.3) is 0 Å². The Kier molecular flexibility index (Phi) is 7.72. The monoisotopic (exact) mass is 598 g/mol. The molecule has 13 heteroatoms. The van der Waals surface area contributed by atoms with Gasteiger partial charge in [-0.05, 0) is 54.6 Å². The molecule has 1 aliphatic heterocycles. The summed E-state index contributed by atoms with van der Waals surface area (Å²) in [5.41, 5.74) is 0.156. The molecule has 0 atom stereocenters. The fourth-order valence-electron chi connectivity index (χ4n) is 4.89. The molecule has 0 bridgehead atoms. The normalized spacial score (nSPS) is 13.4. The SMILES string of the molecule is COc1ccc(N2CCN(c3nc(Nc4ccc(C#N)c(C(F)(F)F)c4)nc(Oc4cccc5cccnc45)n3)CC2)cc1. The molecule has 5 aromatic rings. The number of fused-ring (bicyclic) bond motifs is 1. The quantitative estimate of drug-likeness (QED) is 0.233. The summed E-state index contributed by atoms with van der Waals surface area (Å²) in [5.74, 6) is 1.46. The second kappa shape index (κ2) is 11.9. The van der Waals surface area contributed by atoms with Crippen LogP contribution in [0.2, 0.25) is 0 Å². The highest BCUT2D eigenvalue weighted by Crippen LogP contribution is 2.35. The largest absolute Gasteiger partial charge is 0.497 e. The number of alkyl halides is 3. The van der Waals surface area contributed by atoms with Gasteiger partial charge in [-0.1, -0.05) is 18.2 Å². The molecule has 2 aromatic heterocycles. The lowest BCUT2D eigenvalue weighted by atomic mass is 10.1. The maximum absolute atomic E-state index is 13.6. The molecule has 3 aromatic carbocycles. The third kappa shape index (κ3) is 6.10. The molecule has 0 saturated carbocycles. The fourth-order valence-corrected chi connectivity index (χ4v) is 4.89. The van der Waals surface area contributed by atoms with E-state index in [2.05, 4.69) is 30.2 Å². The highest BCUT2D eigenvalue weighted by atomic mass is 19.4. The fraction of sp³-hybridized carbons (Fsp3) is 0.194. The van der Waals surface area contributed by atoms with Gasteiger partial charge in [0.2, 0.25) is 11.9 Å². The summed E-state index contributed by atoms with van der Waals surface area (Å²) in [6.45, 7) is 2.49. The highest BCUT2D eigenvalue weighted by Gasteiger charge is 2.34. The second-order valence-electron chi connectivity index (χ2n) is 9.84. The van der Waals surface area contributed by atoms with E-state index in [1.165, 1.54) is 6.07 Å². The molecule has 0 spiro atoms. The van der Waals surface area contributed by atoms with Gasteiger partial charge in [0.05, 0.1) is 24.3 Å². The minimum atomic E-state index is -4.72. The van der Waals surface area contributed by atoms with Crippen molar-refractivity contribution in [1.29, 1.82) is 5.26 Å². The maximum Gasteiger partial charge on any atom is 0.417 e. The lowest BCUT2D eigenvalue weighted by Gasteiger charge is -2.36. The standard InChI is InChI=1S/C31H25F3N8O2/c1-43-24-11-9-23(10-12-24)41-14-16-42(17-15-41)29-38-28(37-22-8-7-21(19-35)25(18-22)31(32,33)34)39-30(40-29)44-26-6-2-4-20-5-3-13-36-27(20)26/h2-13,18H,14-17H2,1H3,(H,37,38,39,40). The Labute approximate surface area is 250 Å². The maximum atomic E-state index is 13.6. The zero-order valence-electron chi connectivity index (χ0n) is 23.4. The molecule has 44 heavy (non-hydrogen) atoms. The van der Waals surface area contributed by atoms with Gasteiger partial charge >= 0.3 is 12.2 Å². The Morgan fingerprint density at radius 1 is 0.886 bits per heavy atom. The lowest BCUT2D eigenvalue weighted by Crippen LogP contribution is -2.47. The first-order valence-electron chi connectivity index (χ1n) is 13.6. The number of para-hydroxylation sites is 1. The average Bonchev–Trinajstić information content (AvgIpc) is 3.04. The number of nitrogens with one attached hydrogen (secondary N) is 1. The Morgan fingerprint density at radius 2 is 1.64 bits per heavy atom. The Balaban J connectivity index is 1.31. The third-order valence-electron chi connectivity index (χ3n) is 7.10. The third-order valence-corrected chi connectivity index (χ3v) is 7.10. The molecule has 222 valence electrons. The van der Waals surface area contributed by atoms with E-state index in [1.54, 1.807) is 25.4 Å². The predicted molar refractivity (Wildman–Crippen MR) is 159 cm³/mol. The van der Waals surface area contributed by atoms with Crippen molar-refractivity contribution >= 4 is 34.2 Å². The molecule has 1 saturated heterocycles. The molecule has 1 aliphatic rings. The van der Waals surface area contributed by atoms with Crippen molar-refractivity contribution in [3.63, 3.8) is 0 Å². The molecule has 0 unspecified atom stereocenters. The Bertz CT molecular complexity index is 1830. The Hall–Kier alpha value is -5.64. The number of aromatic nitrogens is 4. The Morgan fingerprint density at radius 3 is 2.36 bits per heavy atom. The van der Waals surface area contributed by atoms with Crippen molar-refractivity contribution in [2.24, 2.45) is 0 Å². The van der Waals surface area contributed by atoms with Gasteiger partial charge in [-0.2, -0.15) is 33.4 Å². The summed E-state index contributed by atoms with van der Waals surface area (Å²) in [7, 11) is 1.62. The van der Waals surface area contributed by atoms with Crippen LogP contribution in [-0.2, 0) is 6.18 Å². The van der Waals surface area contributed by atoms with E-state index in [0.29, 0.717) is 43.4 Å². The number of ether oxygens (including phenoxy) is 2. The van der Waals surface area contributed by atoms with Crippen LogP contribution in [0.25, 0.3) is 10.9 Å². The van der Waals surface area contributed by atoms with Gasteiger partial charge in [0.15, 0.2) is 5.75 Å². The van der Waals surface area contributed by atoms with E-state index in [0.717, 1.165) is 29.0 Å². The van der Waals surface area contributed by atoms with E-state index >= 15 is 0 Å². The van der Waals surface area contributed by atoms with Gasteiger partial charge in [-0.15, -0.1) is 0 Å². The summed E-state index contributed by atoms with van der Waals surface area (Å²) in [4.78, 5) is 22.0. The molecule has 6 rings (SSSR count). The van der Waals surface area contributed by atoms with Crippen LogP contribution in [0.5, 0.6) is 17.5 Å². The first-order valence-corrected chi connectivity index (χ1v) is 13.6. The lowest BCUT2D eigenvalue weighted by molar-refractivity contribution is -0.137. The molecule has 10 nitrogen and oxygen atoms in total. The van der Waals surface area contributed by atoms with Crippen molar-refractivity contribution in [2.75, 3.05) is 48.4 Å². The number of hydrogen-bond donors (Lipinski definition) is 1.